The average Bonchev–Trinajstić information content (AvgIpc) is 2.92. The molecule has 3 N–H and O–H groups in total. The number of rotatable bonds is 5. The van der Waals surface area contributed by atoms with Crippen molar-refractivity contribution in [1.29, 1.82) is 0 Å². The number of hydroxylamine groups is 1. The minimum Gasteiger partial charge on any atom is -0.385 e. The normalized spacial score (nSPS) is 15.2. The molecule has 0 saturated carbocycles. The van der Waals surface area contributed by atoms with Crippen LogP contribution < -0.4 is 10.4 Å². The highest BCUT2D eigenvalue weighted by Crippen LogP contribution is 2.34. The van der Waals surface area contributed by atoms with Crippen LogP contribution in [0.1, 0.15) is 39.9 Å². The van der Waals surface area contributed by atoms with Gasteiger partial charge in [0.15, 0.2) is 0 Å². The number of likely N-dealkylation sites (tertiary alicyclic amines) is 1. The molecule has 0 spiro atoms. The fourth-order valence-electron chi connectivity index (χ4n) is 4.38. The number of amides is 3. The van der Waals surface area contributed by atoms with Crippen LogP contribution in [-0.2, 0) is 18.3 Å². The van der Waals surface area contributed by atoms with Crippen molar-refractivity contribution >= 4 is 17.6 Å². The lowest BCUT2D eigenvalue weighted by Crippen LogP contribution is -2.50. The highest BCUT2D eigenvalue weighted by Gasteiger charge is 2.37. The van der Waals surface area contributed by atoms with Gasteiger partial charge in [0.25, 0.3) is 5.91 Å². The number of urea groups is 1. The molecule has 0 aliphatic carbocycles. The van der Waals surface area contributed by atoms with Gasteiger partial charge in [0.1, 0.15) is 0 Å². The molecule has 1 aliphatic heterocycles. The first-order chi connectivity index (χ1) is 17.6. The number of carbonyl (C=O) groups is 2. The average molecular weight is 514 g/mol. The monoisotopic (exact) mass is 513 g/mol. The standard InChI is InChI=1S/C27H26F3N3O4/c28-27(29,30)22-10-12-23(13-11-22)33(18-19-6-8-20(9-7-19)24(34)31-37)25(35)32-16-14-26(36,15-17-32)21-4-2-1-3-5-21/h1-13,36-37H,14-18H2,(H,31,34). The van der Waals surface area contributed by atoms with E-state index in [9.17, 15) is 27.9 Å². The van der Waals surface area contributed by atoms with Gasteiger partial charge in [0, 0.05) is 24.3 Å². The van der Waals surface area contributed by atoms with E-state index in [1.54, 1.807) is 22.5 Å². The van der Waals surface area contributed by atoms with Gasteiger partial charge in [-0.2, -0.15) is 13.2 Å². The molecule has 0 unspecified atom stereocenters. The van der Waals surface area contributed by atoms with E-state index in [0.717, 1.165) is 17.7 Å². The van der Waals surface area contributed by atoms with Crippen LogP contribution in [0.15, 0.2) is 78.9 Å². The van der Waals surface area contributed by atoms with E-state index in [2.05, 4.69) is 0 Å². The van der Waals surface area contributed by atoms with Crippen LogP contribution >= 0.6 is 0 Å². The van der Waals surface area contributed by atoms with E-state index < -0.39 is 29.3 Å². The summed E-state index contributed by atoms with van der Waals surface area (Å²) < 4.78 is 39.3. The number of benzene rings is 3. The van der Waals surface area contributed by atoms with Crippen LogP contribution in [0, 0.1) is 0 Å². The van der Waals surface area contributed by atoms with Gasteiger partial charge in [-0.3, -0.25) is 14.9 Å². The predicted octanol–water partition coefficient (Wildman–Crippen LogP) is 4.93. The molecule has 4 rings (SSSR count). The Morgan fingerprint density at radius 3 is 2.05 bits per heavy atom. The number of alkyl halides is 3. The van der Waals surface area contributed by atoms with Crippen LogP contribution in [-0.4, -0.2) is 40.2 Å². The van der Waals surface area contributed by atoms with E-state index in [1.807, 2.05) is 30.3 Å². The van der Waals surface area contributed by atoms with Crippen molar-refractivity contribution in [2.45, 2.75) is 31.2 Å². The van der Waals surface area contributed by atoms with Gasteiger partial charge in [-0.25, -0.2) is 10.3 Å². The number of piperidine rings is 1. The van der Waals surface area contributed by atoms with Gasteiger partial charge in [0.05, 0.1) is 17.7 Å². The molecular weight excluding hydrogens is 487 g/mol. The number of nitrogens with one attached hydrogen (secondary N) is 1. The van der Waals surface area contributed by atoms with Gasteiger partial charge in [-0.1, -0.05) is 42.5 Å². The molecule has 1 aliphatic rings. The van der Waals surface area contributed by atoms with Crippen molar-refractivity contribution in [3.63, 3.8) is 0 Å². The van der Waals surface area contributed by atoms with Crippen LogP contribution in [0.4, 0.5) is 23.7 Å². The Morgan fingerprint density at radius 1 is 0.919 bits per heavy atom. The first-order valence-electron chi connectivity index (χ1n) is 11.7. The van der Waals surface area contributed by atoms with Gasteiger partial charge in [-0.05, 0) is 60.4 Å². The zero-order valence-electron chi connectivity index (χ0n) is 19.8. The molecule has 10 heteroatoms. The molecule has 0 bridgehead atoms. The molecule has 7 nitrogen and oxygen atoms in total. The second kappa shape index (κ2) is 10.6. The van der Waals surface area contributed by atoms with Crippen molar-refractivity contribution in [2.24, 2.45) is 0 Å². The van der Waals surface area contributed by atoms with Crippen LogP contribution in [0.3, 0.4) is 0 Å². The summed E-state index contributed by atoms with van der Waals surface area (Å²) in [5, 5.41) is 19.9. The lowest BCUT2D eigenvalue weighted by Gasteiger charge is -2.40. The Bertz CT molecular complexity index is 1220. The first-order valence-corrected chi connectivity index (χ1v) is 11.7. The number of hydrogen-bond donors (Lipinski definition) is 3. The summed E-state index contributed by atoms with van der Waals surface area (Å²) in [7, 11) is 0. The Kier molecular flexibility index (Phi) is 7.51. The first kappa shape index (κ1) is 26.2. The molecular formula is C27H26F3N3O4. The molecule has 1 fully saturated rings. The lowest BCUT2D eigenvalue weighted by molar-refractivity contribution is -0.137. The highest BCUT2D eigenvalue weighted by molar-refractivity contribution is 5.94. The maximum atomic E-state index is 13.6. The van der Waals surface area contributed by atoms with E-state index in [-0.39, 0.29) is 30.9 Å². The van der Waals surface area contributed by atoms with E-state index in [0.29, 0.717) is 18.4 Å². The van der Waals surface area contributed by atoms with Crippen molar-refractivity contribution < 1.29 is 33.1 Å². The van der Waals surface area contributed by atoms with Gasteiger partial charge in [0.2, 0.25) is 0 Å². The third-order valence-electron chi connectivity index (χ3n) is 6.57. The van der Waals surface area contributed by atoms with Crippen molar-refractivity contribution in [3.05, 3.63) is 101 Å². The zero-order chi connectivity index (χ0) is 26.6. The van der Waals surface area contributed by atoms with Crippen molar-refractivity contribution in [2.75, 3.05) is 18.0 Å². The van der Waals surface area contributed by atoms with E-state index >= 15 is 0 Å². The van der Waals surface area contributed by atoms with Gasteiger partial charge >= 0.3 is 12.2 Å². The zero-order valence-corrected chi connectivity index (χ0v) is 19.8. The summed E-state index contributed by atoms with van der Waals surface area (Å²) in [6.45, 7) is 0.554. The molecule has 37 heavy (non-hydrogen) atoms. The molecule has 194 valence electrons. The summed E-state index contributed by atoms with van der Waals surface area (Å²) in [5.74, 6) is -0.693. The molecule has 1 heterocycles. The number of anilines is 1. The SMILES string of the molecule is O=C(NO)c1ccc(CN(C(=O)N2CCC(O)(c3ccccc3)CC2)c2ccc(C(F)(F)F)cc2)cc1. The van der Waals surface area contributed by atoms with E-state index in [4.69, 9.17) is 5.21 Å². The summed E-state index contributed by atoms with van der Waals surface area (Å²) in [4.78, 5) is 28.2. The largest absolute Gasteiger partial charge is 0.416 e. The smallest absolute Gasteiger partial charge is 0.385 e. The van der Waals surface area contributed by atoms with Crippen molar-refractivity contribution in [3.8, 4) is 0 Å². The number of hydrogen-bond acceptors (Lipinski definition) is 4. The summed E-state index contributed by atoms with van der Waals surface area (Å²) in [5.41, 5.74) is 1.53. The van der Waals surface area contributed by atoms with Crippen molar-refractivity contribution in [1.82, 2.24) is 10.4 Å². The molecule has 0 atom stereocenters. The minimum absolute atomic E-state index is 0.0324. The van der Waals surface area contributed by atoms with Gasteiger partial charge in [-0.15, -0.1) is 0 Å². The van der Waals surface area contributed by atoms with E-state index in [1.165, 1.54) is 29.2 Å². The van der Waals surface area contributed by atoms with Gasteiger partial charge < -0.3 is 10.0 Å². The van der Waals surface area contributed by atoms with Crippen LogP contribution in [0.5, 0.6) is 0 Å². The second-order valence-electron chi connectivity index (χ2n) is 8.94. The molecule has 3 amide bonds. The highest BCUT2D eigenvalue weighted by atomic mass is 19.4. The van der Waals surface area contributed by atoms with Crippen LogP contribution in [0.25, 0.3) is 0 Å². The fraction of sp³-hybridized carbons (Fsp3) is 0.259. The molecule has 0 aromatic heterocycles. The Hall–Kier alpha value is -3.89. The number of carbonyl (C=O) groups excluding carboxylic acids is 2. The third kappa shape index (κ3) is 5.92. The number of aliphatic hydroxyl groups is 1. The quantitative estimate of drug-likeness (QED) is 0.333. The molecule has 3 aromatic rings. The number of halogens is 3. The van der Waals surface area contributed by atoms with Crippen LogP contribution in [0.2, 0.25) is 0 Å². The lowest BCUT2D eigenvalue weighted by atomic mass is 9.84. The topological polar surface area (TPSA) is 93.1 Å². The second-order valence-corrected chi connectivity index (χ2v) is 8.94. The molecule has 1 saturated heterocycles. The summed E-state index contributed by atoms with van der Waals surface area (Å²) in [6.07, 6.45) is -3.88. The Morgan fingerprint density at radius 2 is 1.51 bits per heavy atom. The Balaban J connectivity index is 1.57. The Labute approximate surface area is 211 Å². The summed E-state index contributed by atoms with van der Waals surface area (Å²) >= 11 is 0. The maximum absolute atomic E-state index is 13.6. The predicted molar refractivity (Wildman–Crippen MR) is 130 cm³/mol. The third-order valence-corrected chi connectivity index (χ3v) is 6.57. The molecule has 0 radical (unpaired) electrons. The molecule has 3 aromatic carbocycles. The minimum atomic E-state index is -4.51. The maximum Gasteiger partial charge on any atom is 0.416 e. The summed E-state index contributed by atoms with van der Waals surface area (Å²) in [6, 6.07) is 19.3. The fourth-order valence-corrected chi connectivity index (χ4v) is 4.38. The number of nitrogens with zero attached hydrogens (tertiary/aromatic N) is 2.